The lowest BCUT2D eigenvalue weighted by molar-refractivity contribution is 0.0698. The third kappa shape index (κ3) is 3.83. The quantitative estimate of drug-likeness (QED) is 0.500. The average Bonchev–Trinajstić information content (AvgIpc) is 2.46. The molecule has 0 spiro atoms. The summed E-state index contributed by atoms with van der Waals surface area (Å²) in [6, 6.07) is 6.75. The van der Waals surface area contributed by atoms with E-state index in [1.54, 1.807) is 0 Å². The third-order valence-corrected chi connectivity index (χ3v) is 2.95. The van der Waals surface area contributed by atoms with Gasteiger partial charge in [0.2, 0.25) is 0 Å². The fourth-order valence-corrected chi connectivity index (χ4v) is 1.87. The van der Waals surface area contributed by atoms with Gasteiger partial charge in [-0.25, -0.2) is 18.4 Å². The van der Waals surface area contributed by atoms with E-state index < -0.39 is 28.9 Å². The predicted molar refractivity (Wildman–Crippen MR) is 82.9 cm³/mol. The number of aromatic carboxylic acids is 1. The lowest BCUT2D eigenvalue weighted by Crippen LogP contribution is -2.21. The van der Waals surface area contributed by atoms with Gasteiger partial charge in [0, 0.05) is 5.69 Å². The number of H-pyrrole nitrogens is 2. The lowest BCUT2D eigenvalue weighted by Gasteiger charge is -1.98. The average molecular weight is 335 g/mol. The van der Waals surface area contributed by atoms with Gasteiger partial charge in [0.05, 0.1) is 16.5 Å². The van der Waals surface area contributed by atoms with Crippen molar-refractivity contribution in [2.45, 2.75) is 0 Å². The normalized spacial score (nSPS) is 10.1. The van der Waals surface area contributed by atoms with Crippen LogP contribution in [0.15, 0.2) is 46.0 Å². The van der Waals surface area contributed by atoms with Gasteiger partial charge in [-0.15, -0.1) is 0 Å². The summed E-state index contributed by atoms with van der Waals surface area (Å²) in [7, 11) is 0. The van der Waals surface area contributed by atoms with Gasteiger partial charge in [0.25, 0.3) is 5.56 Å². The highest BCUT2D eigenvalue weighted by molar-refractivity contribution is 5.93. The summed E-state index contributed by atoms with van der Waals surface area (Å²) in [5.41, 5.74) is 4.12. The first-order chi connectivity index (χ1) is 11.3. The van der Waals surface area contributed by atoms with E-state index in [0.717, 1.165) is 30.3 Å². The van der Waals surface area contributed by atoms with Gasteiger partial charge in [-0.2, -0.15) is 0 Å². The Morgan fingerprint density at radius 2 is 1.62 bits per heavy atom. The zero-order valence-corrected chi connectivity index (χ0v) is 12.0. The number of halogens is 2. The predicted octanol–water partition coefficient (Wildman–Crippen LogP) is 1.46. The van der Waals surface area contributed by atoms with Crippen LogP contribution in [0.1, 0.15) is 10.4 Å². The highest BCUT2D eigenvalue weighted by atomic mass is 19.1. The summed E-state index contributed by atoms with van der Waals surface area (Å²) in [6.45, 7) is 0. The number of fused-ring (bicyclic) bond motifs is 1. The fraction of sp³-hybridized carbons (Fsp3) is 0. The Balaban J connectivity index is 0.000000177. The Hall–Kier alpha value is -3.49. The van der Waals surface area contributed by atoms with E-state index >= 15 is 0 Å². The molecule has 0 saturated carbocycles. The van der Waals surface area contributed by atoms with Crippen molar-refractivity contribution in [3.8, 4) is 0 Å². The fourth-order valence-electron chi connectivity index (χ4n) is 1.87. The smallest absolute Gasteiger partial charge is 0.337 e. The molecule has 0 aliphatic carbocycles. The highest BCUT2D eigenvalue weighted by Crippen LogP contribution is 2.12. The molecule has 124 valence electrons. The van der Waals surface area contributed by atoms with Gasteiger partial charge in [0.1, 0.15) is 11.6 Å². The number of hydrogen-bond acceptors (Lipinski definition) is 4. The molecule has 0 radical (unpaired) electrons. The second-order valence-electron chi connectivity index (χ2n) is 4.63. The van der Waals surface area contributed by atoms with Crippen molar-refractivity contribution in [1.82, 2.24) is 9.97 Å². The molecule has 0 aliphatic heterocycles. The summed E-state index contributed by atoms with van der Waals surface area (Å²) in [4.78, 5) is 36.6. The number of carboxylic acids is 1. The minimum Gasteiger partial charge on any atom is -0.478 e. The van der Waals surface area contributed by atoms with Crippen molar-refractivity contribution in [2.75, 3.05) is 5.73 Å². The second kappa shape index (κ2) is 6.73. The summed E-state index contributed by atoms with van der Waals surface area (Å²) >= 11 is 0. The second-order valence-corrected chi connectivity index (χ2v) is 4.63. The number of nitrogens with one attached hydrogen (secondary N) is 2. The number of rotatable bonds is 1. The molecule has 24 heavy (non-hydrogen) atoms. The van der Waals surface area contributed by atoms with Gasteiger partial charge in [0.15, 0.2) is 0 Å². The minimum absolute atomic E-state index is 0.0579. The lowest BCUT2D eigenvalue weighted by atomic mass is 10.2. The van der Waals surface area contributed by atoms with Gasteiger partial charge in [-0.05, 0) is 36.4 Å². The molecular weight excluding hydrogens is 324 g/mol. The number of carboxylic acid groups (broad SMARTS) is 1. The third-order valence-electron chi connectivity index (χ3n) is 2.95. The first kappa shape index (κ1) is 16.9. The number of nitrogens with two attached hydrogens (primary N) is 1. The van der Waals surface area contributed by atoms with Crippen LogP contribution in [-0.4, -0.2) is 21.0 Å². The van der Waals surface area contributed by atoms with Crippen LogP contribution in [0.2, 0.25) is 0 Å². The van der Waals surface area contributed by atoms with E-state index in [1.807, 2.05) is 4.98 Å². The molecule has 0 bridgehead atoms. The summed E-state index contributed by atoms with van der Waals surface area (Å²) in [5, 5.41) is 8.72. The number of carbonyl (C=O) groups is 1. The SMILES string of the molecule is Nc1cc(F)ccc1C(=O)O.O=c1[nH]c(=O)c2ccc(F)cc2[nH]1. The number of nitrogen functional groups attached to an aromatic ring is 1. The van der Waals surface area contributed by atoms with E-state index in [0.29, 0.717) is 0 Å². The van der Waals surface area contributed by atoms with E-state index in [9.17, 15) is 23.2 Å². The number of anilines is 1. The summed E-state index contributed by atoms with van der Waals surface area (Å²) in [6.07, 6.45) is 0. The van der Waals surface area contributed by atoms with Crippen molar-refractivity contribution in [2.24, 2.45) is 0 Å². The van der Waals surface area contributed by atoms with Crippen molar-refractivity contribution in [3.63, 3.8) is 0 Å². The molecular formula is C15H11F2N3O4. The maximum absolute atomic E-state index is 12.7. The van der Waals surface area contributed by atoms with Crippen molar-refractivity contribution in [1.29, 1.82) is 0 Å². The molecule has 2 aromatic carbocycles. The molecule has 0 unspecified atom stereocenters. The van der Waals surface area contributed by atoms with Crippen LogP contribution < -0.4 is 17.0 Å². The highest BCUT2D eigenvalue weighted by Gasteiger charge is 2.06. The van der Waals surface area contributed by atoms with Gasteiger partial charge in [-0.1, -0.05) is 0 Å². The molecule has 0 saturated heterocycles. The van der Waals surface area contributed by atoms with Gasteiger partial charge >= 0.3 is 11.7 Å². The number of aromatic nitrogens is 2. The Bertz CT molecular complexity index is 1030. The topological polar surface area (TPSA) is 129 Å². The van der Waals surface area contributed by atoms with Crippen LogP contribution in [0.4, 0.5) is 14.5 Å². The molecule has 0 aliphatic rings. The van der Waals surface area contributed by atoms with E-state index in [4.69, 9.17) is 10.8 Å². The molecule has 1 heterocycles. The molecule has 0 atom stereocenters. The van der Waals surface area contributed by atoms with E-state index in [1.165, 1.54) is 6.07 Å². The zero-order valence-electron chi connectivity index (χ0n) is 12.0. The largest absolute Gasteiger partial charge is 0.478 e. The van der Waals surface area contributed by atoms with Crippen LogP contribution in [0.25, 0.3) is 10.9 Å². The van der Waals surface area contributed by atoms with E-state index in [2.05, 4.69) is 4.98 Å². The number of benzene rings is 2. The molecule has 0 fully saturated rings. The van der Waals surface area contributed by atoms with Crippen LogP contribution in [0.5, 0.6) is 0 Å². The molecule has 1 aromatic heterocycles. The molecule has 9 heteroatoms. The molecule has 3 aromatic rings. The summed E-state index contributed by atoms with van der Waals surface area (Å²) in [5.74, 6) is -2.18. The standard InChI is InChI=1S/C8H5FN2O2.C7H6FNO2/c9-4-1-2-5-6(3-4)10-8(13)11-7(5)12;8-4-1-2-5(7(10)11)6(9)3-4/h1-3H,(H2,10,11,12,13);1-3H,9H2,(H,10,11). The molecule has 7 nitrogen and oxygen atoms in total. The molecule has 3 rings (SSSR count). The minimum atomic E-state index is -1.15. The molecule has 0 amide bonds. The zero-order chi connectivity index (χ0) is 17.9. The first-order valence-corrected chi connectivity index (χ1v) is 6.48. The molecule has 5 N–H and O–H groups in total. The van der Waals surface area contributed by atoms with Crippen LogP contribution in [0, 0.1) is 11.6 Å². The maximum atomic E-state index is 12.7. The van der Waals surface area contributed by atoms with E-state index in [-0.39, 0.29) is 22.2 Å². The van der Waals surface area contributed by atoms with Crippen molar-refractivity contribution < 1.29 is 18.7 Å². The van der Waals surface area contributed by atoms with Crippen LogP contribution in [0.3, 0.4) is 0 Å². The van der Waals surface area contributed by atoms with Crippen LogP contribution in [-0.2, 0) is 0 Å². The van der Waals surface area contributed by atoms with Gasteiger partial charge in [-0.3, -0.25) is 9.78 Å². The Morgan fingerprint density at radius 3 is 2.25 bits per heavy atom. The van der Waals surface area contributed by atoms with Gasteiger partial charge < -0.3 is 15.8 Å². The maximum Gasteiger partial charge on any atom is 0.337 e. The Kier molecular flexibility index (Phi) is 4.73. The number of hydrogen-bond donors (Lipinski definition) is 4. The monoisotopic (exact) mass is 335 g/mol. The summed E-state index contributed by atoms with van der Waals surface area (Å²) < 4.78 is 25.0. The number of aromatic amines is 2. The first-order valence-electron chi connectivity index (χ1n) is 6.48. The van der Waals surface area contributed by atoms with Crippen molar-refractivity contribution in [3.05, 3.63) is 74.4 Å². The Morgan fingerprint density at radius 1 is 1.00 bits per heavy atom. The van der Waals surface area contributed by atoms with Crippen molar-refractivity contribution >= 4 is 22.6 Å². The van der Waals surface area contributed by atoms with Crippen LogP contribution >= 0.6 is 0 Å². The Labute approximate surface area is 132 Å².